The molecule has 0 aliphatic heterocycles. The number of aldehydes is 1. The van der Waals surface area contributed by atoms with Crippen LogP contribution in [0.2, 0.25) is 5.02 Å². The van der Waals surface area contributed by atoms with Crippen molar-refractivity contribution in [2.75, 3.05) is 0 Å². The molecule has 0 amide bonds. The third kappa shape index (κ3) is 2.85. The Bertz CT molecular complexity index is 768. The number of halogens is 1. The highest BCUT2D eigenvalue weighted by molar-refractivity contribution is 6.30. The fraction of sp³-hybridized carbons (Fsp3) is 0.0625. The number of aromatic nitrogens is 3. The van der Waals surface area contributed by atoms with Crippen molar-refractivity contribution in [1.82, 2.24) is 15.0 Å². The van der Waals surface area contributed by atoms with Gasteiger partial charge < -0.3 is 0 Å². The van der Waals surface area contributed by atoms with Gasteiger partial charge in [0.05, 0.1) is 12.2 Å². The molecule has 0 radical (unpaired) electrons. The molecule has 0 unspecified atom stereocenters. The smallest absolute Gasteiger partial charge is 0.172 e. The molecule has 104 valence electrons. The van der Waals surface area contributed by atoms with E-state index in [9.17, 15) is 4.79 Å². The van der Waals surface area contributed by atoms with Crippen molar-refractivity contribution in [3.8, 4) is 11.3 Å². The van der Waals surface area contributed by atoms with E-state index in [1.54, 1.807) is 4.68 Å². The second kappa shape index (κ2) is 5.89. The van der Waals surface area contributed by atoms with Gasteiger partial charge >= 0.3 is 0 Å². The summed E-state index contributed by atoms with van der Waals surface area (Å²) in [5, 5.41) is 8.69. The van der Waals surface area contributed by atoms with Crippen molar-refractivity contribution in [2.24, 2.45) is 0 Å². The number of hydrogen-bond donors (Lipinski definition) is 0. The van der Waals surface area contributed by atoms with Gasteiger partial charge in [-0.15, -0.1) is 5.10 Å². The molecule has 3 aromatic rings. The van der Waals surface area contributed by atoms with Gasteiger partial charge in [0.25, 0.3) is 0 Å². The van der Waals surface area contributed by atoms with Gasteiger partial charge in [-0.3, -0.25) is 4.79 Å². The fourth-order valence-electron chi connectivity index (χ4n) is 2.22. The van der Waals surface area contributed by atoms with Gasteiger partial charge in [-0.25, -0.2) is 4.68 Å². The van der Waals surface area contributed by atoms with E-state index in [1.807, 2.05) is 54.6 Å². The van der Waals surface area contributed by atoms with Crippen molar-refractivity contribution in [1.29, 1.82) is 0 Å². The van der Waals surface area contributed by atoms with Crippen LogP contribution in [-0.4, -0.2) is 21.3 Å². The SMILES string of the molecule is O=Cc1nnn(Cc2cccc(Cl)c2)c1-c1ccccc1. The maximum atomic E-state index is 11.2. The lowest BCUT2D eigenvalue weighted by atomic mass is 10.1. The molecule has 0 N–H and O–H groups in total. The molecule has 3 rings (SSSR count). The van der Waals surface area contributed by atoms with Crippen molar-refractivity contribution in [3.63, 3.8) is 0 Å². The van der Waals surface area contributed by atoms with Crippen LogP contribution < -0.4 is 0 Å². The minimum absolute atomic E-state index is 0.336. The first kappa shape index (κ1) is 13.5. The van der Waals surface area contributed by atoms with Crippen LogP contribution in [0, 0.1) is 0 Å². The number of carbonyl (C=O) groups excluding carboxylic acids is 1. The van der Waals surface area contributed by atoms with E-state index in [4.69, 9.17) is 11.6 Å². The number of carbonyl (C=O) groups is 1. The number of hydrogen-bond acceptors (Lipinski definition) is 3. The molecular formula is C16H12ClN3O. The summed E-state index contributed by atoms with van der Waals surface area (Å²) in [6, 6.07) is 17.2. The highest BCUT2D eigenvalue weighted by atomic mass is 35.5. The van der Waals surface area contributed by atoms with Crippen LogP contribution in [0.3, 0.4) is 0 Å². The van der Waals surface area contributed by atoms with Crippen LogP contribution in [0.15, 0.2) is 54.6 Å². The molecule has 21 heavy (non-hydrogen) atoms. The Labute approximate surface area is 127 Å². The first-order chi connectivity index (χ1) is 10.3. The van der Waals surface area contributed by atoms with Crippen molar-refractivity contribution < 1.29 is 4.79 Å². The normalized spacial score (nSPS) is 10.5. The van der Waals surface area contributed by atoms with Crippen molar-refractivity contribution in [3.05, 3.63) is 70.9 Å². The lowest BCUT2D eigenvalue weighted by Crippen LogP contribution is -2.04. The second-order valence-electron chi connectivity index (χ2n) is 4.59. The molecule has 0 spiro atoms. The summed E-state index contributed by atoms with van der Waals surface area (Å²) in [4.78, 5) is 11.2. The number of rotatable bonds is 4. The predicted octanol–water partition coefficient (Wildman–Crippen LogP) is 3.46. The molecule has 0 aliphatic carbocycles. The van der Waals surface area contributed by atoms with Crippen LogP contribution in [0.25, 0.3) is 11.3 Å². The van der Waals surface area contributed by atoms with Gasteiger partial charge in [-0.2, -0.15) is 0 Å². The van der Waals surface area contributed by atoms with Crippen molar-refractivity contribution in [2.45, 2.75) is 6.54 Å². The third-order valence-electron chi connectivity index (χ3n) is 3.14. The Morgan fingerprint density at radius 1 is 1.10 bits per heavy atom. The van der Waals surface area contributed by atoms with Crippen LogP contribution in [-0.2, 0) is 6.54 Å². The first-order valence-corrected chi connectivity index (χ1v) is 6.84. The standard InChI is InChI=1S/C16H12ClN3O/c17-14-8-4-5-12(9-14)10-20-16(15(11-21)18-19-20)13-6-2-1-3-7-13/h1-9,11H,10H2. The van der Waals surface area contributed by atoms with E-state index >= 15 is 0 Å². The average molecular weight is 298 g/mol. The molecule has 0 atom stereocenters. The lowest BCUT2D eigenvalue weighted by molar-refractivity contribution is 0.111. The zero-order chi connectivity index (χ0) is 14.7. The van der Waals surface area contributed by atoms with E-state index in [0.29, 0.717) is 23.0 Å². The Balaban J connectivity index is 2.04. The number of benzene rings is 2. The van der Waals surface area contributed by atoms with Crippen LogP contribution >= 0.6 is 11.6 Å². The molecule has 0 saturated heterocycles. The minimum atomic E-state index is 0.336. The Hall–Kier alpha value is -2.46. The van der Waals surface area contributed by atoms with E-state index < -0.39 is 0 Å². The van der Waals surface area contributed by atoms with Gasteiger partial charge in [0.1, 0.15) is 0 Å². The molecule has 0 aliphatic rings. The van der Waals surface area contributed by atoms with Crippen LogP contribution in [0.4, 0.5) is 0 Å². The summed E-state index contributed by atoms with van der Waals surface area (Å²) >= 11 is 6.00. The highest BCUT2D eigenvalue weighted by Crippen LogP contribution is 2.22. The molecular weight excluding hydrogens is 286 g/mol. The maximum Gasteiger partial charge on any atom is 0.172 e. The van der Waals surface area contributed by atoms with E-state index in [1.165, 1.54) is 0 Å². The van der Waals surface area contributed by atoms with Gasteiger partial charge in [-0.1, -0.05) is 59.3 Å². The zero-order valence-electron chi connectivity index (χ0n) is 11.1. The van der Waals surface area contributed by atoms with Gasteiger partial charge in [0.2, 0.25) is 0 Å². The predicted molar refractivity (Wildman–Crippen MR) is 81.4 cm³/mol. The van der Waals surface area contributed by atoms with Gasteiger partial charge in [0, 0.05) is 10.6 Å². The highest BCUT2D eigenvalue weighted by Gasteiger charge is 2.14. The van der Waals surface area contributed by atoms with Gasteiger partial charge in [-0.05, 0) is 17.7 Å². The summed E-state index contributed by atoms with van der Waals surface area (Å²) in [5.74, 6) is 0. The quantitative estimate of drug-likeness (QED) is 0.693. The molecule has 4 nitrogen and oxygen atoms in total. The molecule has 0 fully saturated rings. The molecule has 0 bridgehead atoms. The largest absolute Gasteiger partial charge is 0.296 e. The van der Waals surface area contributed by atoms with E-state index in [0.717, 1.165) is 17.4 Å². The Morgan fingerprint density at radius 3 is 2.62 bits per heavy atom. The van der Waals surface area contributed by atoms with Crippen LogP contribution in [0.1, 0.15) is 16.1 Å². The van der Waals surface area contributed by atoms with E-state index in [2.05, 4.69) is 10.3 Å². The molecule has 2 aromatic carbocycles. The molecule has 0 saturated carbocycles. The summed E-state index contributed by atoms with van der Waals surface area (Å²) < 4.78 is 1.71. The van der Waals surface area contributed by atoms with Crippen LogP contribution in [0.5, 0.6) is 0 Å². The fourth-order valence-corrected chi connectivity index (χ4v) is 2.43. The number of nitrogens with zero attached hydrogens (tertiary/aromatic N) is 3. The molecule has 1 heterocycles. The lowest BCUT2D eigenvalue weighted by Gasteiger charge is -2.07. The van der Waals surface area contributed by atoms with E-state index in [-0.39, 0.29) is 0 Å². The third-order valence-corrected chi connectivity index (χ3v) is 3.38. The minimum Gasteiger partial charge on any atom is -0.296 e. The topological polar surface area (TPSA) is 47.8 Å². The maximum absolute atomic E-state index is 11.2. The average Bonchev–Trinajstić information content (AvgIpc) is 2.91. The molecule has 1 aromatic heterocycles. The first-order valence-electron chi connectivity index (χ1n) is 6.46. The molecule has 5 heteroatoms. The zero-order valence-corrected chi connectivity index (χ0v) is 11.9. The Morgan fingerprint density at radius 2 is 1.90 bits per heavy atom. The summed E-state index contributed by atoms with van der Waals surface area (Å²) in [6.07, 6.45) is 0.726. The summed E-state index contributed by atoms with van der Waals surface area (Å²) in [6.45, 7) is 0.506. The van der Waals surface area contributed by atoms with Gasteiger partial charge in [0.15, 0.2) is 12.0 Å². The Kier molecular flexibility index (Phi) is 3.79. The summed E-state index contributed by atoms with van der Waals surface area (Å²) in [5.41, 5.74) is 2.96. The summed E-state index contributed by atoms with van der Waals surface area (Å²) in [7, 11) is 0. The second-order valence-corrected chi connectivity index (χ2v) is 5.03. The monoisotopic (exact) mass is 297 g/mol. The van der Waals surface area contributed by atoms with Crippen molar-refractivity contribution >= 4 is 17.9 Å².